The van der Waals surface area contributed by atoms with Crippen LogP contribution in [-0.2, 0) is 0 Å². The zero-order chi connectivity index (χ0) is 11.3. The first-order valence-corrected chi connectivity index (χ1v) is 5.71. The summed E-state index contributed by atoms with van der Waals surface area (Å²) in [6, 6.07) is 6.03. The third kappa shape index (κ3) is 3.48. The average molecular weight is 274 g/mol. The minimum atomic E-state index is 0.0836. The van der Waals surface area contributed by atoms with Gasteiger partial charge in [0.05, 0.1) is 18.9 Å². The Hall–Kier alpha value is -0.580. The molecule has 1 rings (SSSR count). The number of halogens is 1. The largest absolute Gasteiger partial charge is 0.395 e. The molecule has 0 heterocycles. The summed E-state index contributed by atoms with van der Waals surface area (Å²) in [5, 5.41) is 17.9. The first kappa shape index (κ1) is 12.5. The number of aliphatic hydroxyl groups excluding tert-OH is 2. The van der Waals surface area contributed by atoms with Crippen molar-refractivity contribution in [2.24, 2.45) is 0 Å². The van der Waals surface area contributed by atoms with Crippen molar-refractivity contribution in [3.8, 4) is 0 Å². The zero-order valence-electron chi connectivity index (χ0n) is 8.78. The topological polar surface area (TPSA) is 43.7 Å². The monoisotopic (exact) mass is 273 g/mol. The van der Waals surface area contributed by atoms with Gasteiger partial charge in [-0.15, -0.1) is 0 Å². The fourth-order valence-electron chi connectivity index (χ4n) is 1.46. The maximum absolute atomic E-state index is 8.93. The maximum Gasteiger partial charge on any atom is 0.0606 e. The van der Waals surface area contributed by atoms with Gasteiger partial charge in [0.15, 0.2) is 0 Å². The summed E-state index contributed by atoms with van der Waals surface area (Å²) in [6.45, 7) is 3.25. The Morgan fingerprint density at radius 3 is 2.27 bits per heavy atom. The van der Waals surface area contributed by atoms with Crippen molar-refractivity contribution in [2.75, 3.05) is 31.2 Å². The highest BCUT2D eigenvalue weighted by Gasteiger charge is 2.08. The number of hydrogen-bond acceptors (Lipinski definition) is 3. The summed E-state index contributed by atoms with van der Waals surface area (Å²) in [5.74, 6) is 0. The second kappa shape index (κ2) is 6.10. The molecule has 0 spiro atoms. The van der Waals surface area contributed by atoms with Gasteiger partial charge in [-0.3, -0.25) is 0 Å². The van der Waals surface area contributed by atoms with E-state index in [1.54, 1.807) is 0 Å². The molecule has 0 fully saturated rings. The van der Waals surface area contributed by atoms with Crippen LogP contribution in [0.1, 0.15) is 5.56 Å². The highest BCUT2D eigenvalue weighted by molar-refractivity contribution is 9.10. The van der Waals surface area contributed by atoms with Gasteiger partial charge in [0.25, 0.3) is 0 Å². The molecule has 84 valence electrons. The molecule has 0 aliphatic carbocycles. The molecule has 0 aromatic heterocycles. The number of benzene rings is 1. The van der Waals surface area contributed by atoms with Crippen LogP contribution in [0.5, 0.6) is 0 Å². The van der Waals surface area contributed by atoms with E-state index < -0.39 is 0 Å². The van der Waals surface area contributed by atoms with Gasteiger partial charge >= 0.3 is 0 Å². The van der Waals surface area contributed by atoms with Crippen LogP contribution in [0.25, 0.3) is 0 Å². The number of hydrogen-bond donors (Lipinski definition) is 2. The van der Waals surface area contributed by atoms with E-state index in [-0.39, 0.29) is 13.2 Å². The molecule has 15 heavy (non-hydrogen) atoms. The van der Waals surface area contributed by atoms with Crippen molar-refractivity contribution < 1.29 is 10.2 Å². The molecule has 0 saturated carbocycles. The number of anilines is 1. The van der Waals surface area contributed by atoms with E-state index >= 15 is 0 Å². The Labute approximate surface area is 98.5 Å². The van der Waals surface area contributed by atoms with E-state index in [4.69, 9.17) is 10.2 Å². The fourth-order valence-corrected chi connectivity index (χ4v) is 2.21. The fraction of sp³-hybridized carbons (Fsp3) is 0.455. The molecule has 0 atom stereocenters. The third-order valence-corrected chi connectivity index (χ3v) is 2.82. The van der Waals surface area contributed by atoms with Crippen molar-refractivity contribution in [3.05, 3.63) is 28.2 Å². The van der Waals surface area contributed by atoms with Crippen molar-refractivity contribution in [1.29, 1.82) is 0 Å². The minimum absolute atomic E-state index is 0.0836. The van der Waals surface area contributed by atoms with Crippen LogP contribution in [-0.4, -0.2) is 36.5 Å². The Morgan fingerprint density at radius 1 is 1.20 bits per heavy atom. The lowest BCUT2D eigenvalue weighted by Crippen LogP contribution is -2.29. The molecule has 0 radical (unpaired) electrons. The van der Waals surface area contributed by atoms with Gasteiger partial charge in [-0.25, -0.2) is 0 Å². The summed E-state index contributed by atoms with van der Waals surface area (Å²) in [6.07, 6.45) is 0. The smallest absolute Gasteiger partial charge is 0.0606 e. The van der Waals surface area contributed by atoms with Gasteiger partial charge in [-0.05, 0) is 40.5 Å². The normalized spacial score (nSPS) is 10.4. The van der Waals surface area contributed by atoms with Crippen molar-refractivity contribution in [1.82, 2.24) is 0 Å². The lowest BCUT2D eigenvalue weighted by molar-refractivity contribution is 0.281. The molecule has 0 aliphatic heterocycles. The van der Waals surface area contributed by atoms with Crippen LogP contribution in [0.2, 0.25) is 0 Å². The highest BCUT2D eigenvalue weighted by Crippen LogP contribution is 2.26. The summed E-state index contributed by atoms with van der Waals surface area (Å²) in [5.41, 5.74) is 2.18. The Morgan fingerprint density at radius 2 is 1.80 bits per heavy atom. The molecule has 3 nitrogen and oxygen atoms in total. The number of rotatable bonds is 5. The second-order valence-corrected chi connectivity index (χ2v) is 4.24. The van der Waals surface area contributed by atoms with E-state index in [2.05, 4.69) is 15.9 Å². The molecular weight excluding hydrogens is 258 g/mol. The van der Waals surface area contributed by atoms with Crippen LogP contribution >= 0.6 is 15.9 Å². The van der Waals surface area contributed by atoms with E-state index in [0.717, 1.165) is 10.2 Å². The van der Waals surface area contributed by atoms with E-state index in [1.165, 1.54) is 5.56 Å². The lowest BCUT2D eigenvalue weighted by Gasteiger charge is -2.24. The number of nitrogens with zero attached hydrogens (tertiary/aromatic N) is 1. The van der Waals surface area contributed by atoms with Gasteiger partial charge in [0, 0.05) is 17.6 Å². The maximum atomic E-state index is 8.93. The first-order chi connectivity index (χ1) is 7.19. The molecule has 0 bridgehead atoms. The molecular formula is C11H16BrNO2. The van der Waals surface area contributed by atoms with Gasteiger partial charge in [-0.1, -0.05) is 6.07 Å². The lowest BCUT2D eigenvalue weighted by atomic mass is 10.2. The molecule has 0 unspecified atom stereocenters. The summed E-state index contributed by atoms with van der Waals surface area (Å²) < 4.78 is 0.990. The Bertz CT molecular complexity index is 311. The molecule has 0 aliphatic rings. The number of aryl methyl sites for hydroxylation is 1. The molecule has 1 aromatic rings. The standard InChI is InChI=1S/C11H16BrNO2/c1-9-2-3-11(10(12)8-9)13(4-6-14)5-7-15/h2-3,8,14-15H,4-7H2,1H3. The minimum Gasteiger partial charge on any atom is -0.395 e. The third-order valence-electron chi connectivity index (χ3n) is 2.18. The molecule has 2 N–H and O–H groups in total. The van der Waals surface area contributed by atoms with E-state index in [1.807, 2.05) is 30.0 Å². The number of aliphatic hydroxyl groups is 2. The van der Waals surface area contributed by atoms with Gasteiger partial charge < -0.3 is 15.1 Å². The predicted octanol–water partition coefficient (Wildman–Crippen LogP) is 1.55. The second-order valence-electron chi connectivity index (χ2n) is 3.39. The average Bonchev–Trinajstić information content (AvgIpc) is 2.17. The van der Waals surface area contributed by atoms with Crippen LogP contribution in [0.4, 0.5) is 5.69 Å². The van der Waals surface area contributed by atoms with Gasteiger partial charge in [0.1, 0.15) is 0 Å². The van der Waals surface area contributed by atoms with E-state index in [0.29, 0.717) is 13.1 Å². The van der Waals surface area contributed by atoms with Crippen LogP contribution in [0.3, 0.4) is 0 Å². The summed E-state index contributed by atoms with van der Waals surface area (Å²) in [7, 11) is 0. The van der Waals surface area contributed by atoms with Crippen molar-refractivity contribution >= 4 is 21.6 Å². The van der Waals surface area contributed by atoms with Crippen LogP contribution in [0, 0.1) is 6.92 Å². The van der Waals surface area contributed by atoms with Crippen molar-refractivity contribution in [3.63, 3.8) is 0 Å². The SMILES string of the molecule is Cc1ccc(N(CCO)CCO)c(Br)c1. The Kier molecular flexibility index (Phi) is 5.08. The highest BCUT2D eigenvalue weighted by atomic mass is 79.9. The van der Waals surface area contributed by atoms with Crippen molar-refractivity contribution in [2.45, 2.75) is 6.92 Å². The Balaban J connectivity index is 2.89. The summed E-state index contributed by atoms with van der Waals surface area (Å²) >= 11 is 3.48. The molecule has 4 heteroatoms. The summed E-state index contributed by atoms with van der Waals surface area (Å²) in [4.78, 5) is 1.95. The molecule has 0 saturated heterocycles. The van der Waals surface area contributed by atoms with E-state index in [9.17, 15) is 0 Å². The van der Waals surface area contributed by atoms with Gasteiger partial charge in [-0.2, -0.15) is 0 Å². The zero-order valence-corrected chi connectivity index (χ0v) is 10.4. The first-order valence-electron chi connectivity index (χ1n) is 4.92. The molecule has 1 aromatic carbocycles. The quantitative estimate of drug-likeness (QED) is 0.856. The van der Waals surface area contributed by atoms with Crippen LogP contribution < -0.4 is 4.90 Å². The molecule has 0 amide bonds. The predicted molar refractivity (Wildman–Crippen MR) is 65.3 cm³/mol. The van der Waals surface area contributed by atoms with Gasteiger partial charge in [0.2, 0.25) is 0 Å². The van der Waals surface area contributed by atoms with Crippen LogP contribution in [0.15, 0.2) is 22.7 Å².